The Morgan fingerprint density at radius 1 is 1.50 bits per heavy atom. The van der Waals surface area contributed by atoms with E-state index in [0.717, 1.165) is 31.3 Å². The Balaban J connectivity index is 2.27. The fourth-order valence-corrected chi connectivity index (χ4v) is 1.98. The van der Waals surface area contributed by atoms with Crippen molar-refractivity contribution in [2.75, 3.05) is 30.6 Å². The molecule has 0 radical (unpaired) electrons. The van der Waals surface area contributed by atoms with Crippen molar-refractivity contribution in [3.05, 3.63) is 11.9 Å². The van der Waals surface area contributed by atoms with Crippen molar-refractivity contribution >= 4 is 11.6 Å². The molecule has 1 aromatic heterocycles. The number of anilines is 2. The van der Waals surface area contributed by atoms with E-state index in [-0.39, 0.29) is 5.92 Å². The Labute approximate surface area is 108 Å². The number of nitrogens with zero attached hydrogens (tertiary/aromatic N) is 3. The number of hydrogen-bond donors (Lipinski definition) is 2. The number of likely N-dealkylation sites (N-methyl/N-ethyl adjacent to an activating group) is 1. The highest BCUT2D eigenvalue weighted by atomic mass is 16.5. The molecule has 3 N–H and O–H groups in total. The minimum atomic E-state index is 0.269. The van der Waals surface area contributed by atoms with Gasteiger partial charge in [0.05, 0.1) is 12.6 Å². The van der Waals surface area contributed by atoms with Crippen molar-refractivity contribution in [3.8, 4) is 0 Å². The predicted molar refractivity (Wildman–Crippen MR) is 71.6 cm³/mol. The number of aromatic nitrogens is 2. The highest BCUT2D eigenvalue weighted by Gasteiger charge is 2.22. The van der Waals surface area contributed by atoms with Crippen molar-refractivity contribution in [1.29, 1.82) is 0 Å². The summed E-state index contributed by atoms with van der Waals surface area (Å²) in [6, 6.07) is 2.25. The van der Waals surface area contributed by atoms with Crippen molar-refractivity contribution in [2.45, 2.75) is 32.2 Å². The lowest BCUT2D eigenvalue weighted by Crippen LogP contribution is -2.33. The molecule has 0 spiro atoms. The van der Waals surface area contributed by atoms with E-state index in [0.29, 0.717) is 11.9 Å². The quantitative estimate of drug-likeness (QED) is 0.616. The normalized spacial score (nSPS) is 19.3. The van der Waals surface area contributed by atoms with Crippen LogP contribution in [0.15, 0.2) is 6.07 Å². The maximum absolute atomic E-state index is 5.46. The van der Waals surface area contributed by atoms with Crippen LogP contribution < -0.4 is 16.2 Å². The molecular weight excluding hydrogens is 230 g/mol. The van der Waals surface area contributed by atoms with E-state index in [1.165, 1.54) is 0 Å². The van der Waals surface area contributed by atoms with E-state index in [1.54, 1.807) is 0 Å². The summed E-state index contributed by atoms with van der Waals surface area (Å²) in [7, 11) is 2.03. The van der Waals surface area contributed by atoms with Crippen LogP contribution in [0.5, 0.6) is 0 Å². The fourth-order valence-electron chi connectivity index (χ4n) is 1.98. The van der Waals surface area contributed by atoms with Gasteiger partial charge in [0.25, 0.3) is 0 Å². The lowest BCUT2D eigenvalue weighted by molar-refractivity contribution is 0.193. The number of ether oxygens (including phenoxy) is 1. The highest BCUT2D eigenvalue weighted by molar-refractivity contribution is 5.49. The summed E-state index contributed by atoms with van der Waals surface area (Å²) in [5, 5.41) is 0. The van der Waals surface area contributed by atoms with Crippen LogP contribution in [0.2, 0.25) is 0 Å². The van der Waals surface area contributed by atoms with Gasteiger partial charge in [0.2, 0.25) is 0 Å². The first-order valence-corrected chi connectivity index (χ1v) is 6.28. The maximum atomic E-state index is 5.46. The monoisotopic (exact) mass is 251 g/mol. The standard InChI is InChI=1S/C12H21N5O/c1-8(2)12-14-10(16-13)6-11(15-12)17(3)9-4-5-18-7-9/h6,8-9H,4-5,7,13H2,1-3H3,(H,14,15,16). The molecule has 2 rings (SSSR count). The Kier molecular flexibility index (Phi) is 3.98. The van der Waals surface area contributed by atoms with Gasteiger partial charge >= 0.3 is 0 Å². The number of nitrogen functional groups attached to an aromatic ring is 1. The molecule has 6 heteroatoms. The Morgan fingerprint density at radius 3 is 2.83 bits per heavy atom. The van der Waals surface area contributed by atoms with Gasteiger partial charge in [-0.3, -0.25) is 0 Å². The Bertz CT molecular complexity index is 403. The Morgan fingerprint density at radius 2 is 2.28 bits per heavy atom. The van der Waals surface area contributed by atoms with Crippen molar-refractivity contribution in [1.82, 2.24) is 9.97 Å². The van der Waals surface area contributed by atoms with E-state index in [9.17, 15) is 0 Å². The van der Waals surface area contributed by atoms with E-state index < -0.39 is 0 Å². The second-order valence-corrected chi connectivity index (χ2v) is 4.90. The molecule has 1 aliphatic rings. The van der Waals surface area contributed by atoms with Crippen LogP contribution in [0.1, 0.15) is 32.0 Å². The minimum absolute atomic E-state index is 0.269. The predicted octanol–water partition coefficient (Wildman–Crippen LogP) is 1.11. The molecule has 1 atom stereocenters. The molecule has 1 aromatic rings. The van der Waals surface area contributed by atoms with E-state index in [4.69, 9.17) is 10.6 Å². The summed E-state index contributed by atoms with van der Waals surface area (Å²) in [4.78, 5) is 11.1. The number of hydrazine groups is 1. The van der Waals surface area contributed by atoms with Crippen LogP contribution in [-0.2, 0) is 4.74 Å². The van der Waals surface area contributed by atoms with E-state index >= 15 is 0 Å². The molecule has 100 valence electrons. The minimum Gasteiger partial charge on any atom is -0.379 e. The van der Waals surface area contributed by atoms with Gasteiger partial charge in [0.1, 0.15) is 17.5 Å². The molecule has 6 nitrogen and oxygen atoms in total. The summed E-state index contributed by atoms with van der Waals surface area (Å²) in [6.07, 6.45) is 1.03. The number of rotatable bonds is 4. The molecule has 0 aromatic carbocycles. The molecular formula is C12H21N5O. The van der Waals surface area contributed by atoms with Gasteiger partial charge in [0, 0.05) is 25.6 Å². The first kappa shape index (κ1) is 13.0. The molecule has 0 saturated carbocycles. The van der Waals surface area contributed by atoms with E-state index in [1.807, 2.05) is 13.1 Å². The zero-order valence-corrected chi connectivity index (χ0v) is 11.2. The van der Waals surface area contributed by atoms with Crippen molar-refractivity contribution in [2.24, 2.45) is 5.84 Å². The molecule has 1 unspecified atom stereocenters. The van der Waals surface area contributed by atoms with Gasteiger partial charge in [-0.15, -0.1) is 0 Å². The number of nitrogens with one attached hydrogen (secondary N) is 1. The van der Waals surface area contributed by atoms with Gasteiger partial charge in [-0.2, -0.15) is 0 Å². The lowest BCUT2D eigenvalue weighted by atomic mass is 10.2. The summed E-state index contributed by atoms with van der Waals surface area (Å²) in [6.45, 7) is 5.71. The van der Waals surface area contributed by atoms with Crippen LogP contribution in [0.3, 0.4) is 0 Å². The molecule has 0 amide bonds. The third-order valence-electron chi connectivity index (χ3n) is 3.21. The zero-order valence-electron chi connectivity index (χ0n) is 11.2. The summed E-state index contributed by atoms with van der Waals surface area (Å²) in [5.74, 6) is 8.06. The number of hydrogen-bond acceptors (Lipinski definition) is 6. The maximum Gasteiger partial charge on any atom is 0.145 e. The first-order valence-electron chi connectivity index (χ1n) is 6.28. The fraction of sp³-hybridized carbons (Fsp3) is 0.667. The zero-order chi connectivity index (χ0) is 13.1. The van der Waals surface area contributed by atoms with Crippen LogP contribution in [-0.4, -0.2) is 36.3 Å². The average Bonchev–Trinajstić information content (AvgIpc) is 2.91. The molecule has 18 heavy (non-hydrogen) atoms. The molecule has 0 bridgehead atoms. The molecule has 1 fully saturated rings. The Hall–Kier alpha value is -1.40. The highest BCUT2D eigenvalue weighted by Crippen LogP contribution is 2.22. The van der Waals surface area contributed by atoms with Crippen molar-refractivity contribution in [3.63, 3.8) is 0 Å². The second kappa shape index (κ2) is 5.49. The van der Waals surface area contributed by atoms with Gasteiger partial charge < -0.3 is 15.1 Å². The van der Waals surface area contributed by atoms with Crippen LogP contribution in [0.25, 0.3) is 0 Å². The lowest BCUT2D eigenvalue weighted by Gasteiger charge is -2.25. The van der Waals surface area contributed by atoms with Gasteiger partial charge in [0.15, 0.2) is 0 Å². The van der Waals surface area contributed by atoms with Crippen LogP contribution in [0, 0.1) is 0 Å². The van der Waals surface area contributed by atoms with Gasteiger partial charge in [-0.1, -0.05) is 13.8 Å². The largest absolute Gasteiger partial charge is 0.379 e. The van der Waals surface area contributed by atoms with Gasteiger partial charge in [-0.25, -0.2) is 15.8 Å². The third kappa shape index (κ3) is 2.70. The van der Waals surface area contributed by atoms with Crippen molar-refractivity contribution < 1.29 is 4.74 Å². The third-order valence-corrected chi connectivity index (χ3v) is 3.21. The first-order chi connectivity index (χ1) is 8.61. The SMILES string of the molecule is CC(C)c1nc(NN)cc(N(C)C2CCOC2)n1. The molecule has 1 aliphatic heterocycles. The topological polar surface area (TPSA) is 76.3 Å². The molecule has 0 aliphatic carbocycles. The van der Waals surface area contributed by atoms with Crippen LogP contribution >= 0.6 is 0 Å². The van der Waals surface area contributed by atoms with E-state index in [2.05, 4.69) is 34.1 Å². The second-order valence-electron chi connectivity index (χ2n) is 4.90. The van der Waals surface area contributed by atoms with Crippen LogP contribution in [0.4, 0.5) is 11.6 Å². The smallest absolute Gasteiger partial charge is 0.145 e. The number of nitrogens with two attached hydrogens (primary N) is 1. The summed E-state index contributed by atoms with van der Waals surface area (Å²) < 4.78 is 5.41. The summed E-state index contributed by atoms with van der Waals surface area (Å²) >= 11 is 0. The average molecular weight is 251 g/mol. The van der Waals surface area contributed by atoms with Gasteiger partial charge in [-0.05, 0) is 6.42 Å². The molecule has 2 heterocycles. The summed E-state index contributed by atoms with van der Waals surface area (Å²) in [5.41, 5.74) is 2.60. The molecule has 1 saturated heterocycles.